The van der Waals surface area contributed by atoms with Crippen LogP contribution in [0.4, 0.5) is 0 Å². The van der Waals surface area contributed by atoms with Crippen LogP contribution in [0.5, 0.6) is 0 Å². The molecule has 3 aromatic rings. The number of rotatable bonds is 7. The molecule has 0 heterocycles. The highest BCUT2D eigenvalue weighted by molar-refractivity contribution is 7.89. The fourth-order valence-corrected chi connectivity index (χ4v) is 4.54. The van der Waals surface area contributed by atoms with Crippen molar-refractivity contribution in [2.45, 2.75) is 37.8 Å². The minimum atomic E-state index is -3.87. The monoisotopic (exact) mass is 423 g/mol. The molecule has 0 spiro atoms. The van der Waals surface area contributed by atoms with Crippen LogP contribution in [0.2, 0.25) is 0 Å². The van der Waals surface area contributed by atoms with Gasteiger partial charge in [0.05, 0.1) is 10.9 Å². The molecular formula is C24H25NO4S. The number of sulfonamides is 1. The Morgan fingerprint density at radius 3 is 2.07 bits per heavy atom. The Labute approximate surface area is 177 Å². The van der Waals surface area contributed by atoms with Crippen LogP contribution in [-0.2, 0) is 19.6 Å². The molecule has 5 nitrogen and oxygen atoms in total. The summed E-state index contributed by atoms with van der Waals surface area (Å²) in [7, 11) is -3.87. The highest BCUT2D eigenvalue weighted by Crippen LogP contribution is 2.35. The molecule has 3 aromatic carbocycles. The van der Waals surface area contributed by atoms with Gasteiger partial charge in [-0.15, -0.1) is 0 Å². The topological polar surface area (TPSA) is 72.5 Å². The molecule has 3 rings (SSSR count). The molecule has 2 atom stereocenters. The Hall–Kier alpha value is -2.96. The molecule has 0 unspecified atom stereocenters. The van der Waals surface area contributed by atoms with Crippen molar-refractivity contribution in [3.8, 4) is 0 Å². The van der Waals surface area contributed by atoms with Gasteiger partial charge in [0.1, 0.15) is 6.10 Å². The number of hydrogen-bond acceptors (Lipinski definition) is 4. The van der Waals surface area contributed by atoms with Crippen LogP contribution in [0.25, 0.3) is 0 Å². The van der Waals surface area contributed by atoms with Crippen LogP contribution >= 0.6 is 0 Å². The van der Waals surface area contributed by atoms with Gasteiger partial charge in [-0.3, -0.25) is 4.79 Å². The summed E-state index contributed by atoms with van der Waals surface area (Å²) in [5, 5.41) is 0. The van der Waals surface area contributed by atoms with Gasteiger partial charge in [-0.2, -0.15) is 4.72 Å². The summed E-state index contributed by atoms with van der Waals surface area (Å²) < 4.78 is 34.8. The number of carbonyl (C=O) groups is 1. The molecule has 0 bridgehead atoms. The van der Waals surface area contributed by atoms with Crippen LogP contribution in [0, 0.1) is 13.8 Å². The molecule has 1 N–H and O–H groups in total. The van der Waals surface area contributed by atoms with E-state index in [9.17, 15) is 13.2 Å². The highest BCUT2D eigenvalue weighted by atomic mass is 32.2. The van der Waals surface area contributed by atoms with Crippen molar-refractivity contribution in [2.24, 2.45) is 0 Å². The first-order valence-electron chi connectivity index (χ1n) is 9.64. The second-order valence-electron chi connectivity index (χ2n) is 7.21. The second kappa shape index (κ2) is 9.24. The van der Waals surface area contributed by atoms with Gasteiger partial charge in [0.2, 0.25) is 10.0 Å². The average Bonchev–Trinajstić information content (AvgIpc) is 2.72. The van der Waals surface area contributed by atoms with E-state index in [0.717, 1.165) is 16.7 Å². The van der Waals surface area contributed by atoms with Gasteiger partial charge in [-0.25, -0.2) is 8.42 Å². The maximum absolute atomic E-state index is 13.2. The minimum Gasteiger partial charge on any atom is -0.456 e. The lowest BCUT2D eigenvalue weighted by Crippen LogP contribution is -2.34. The lowest BCUT2D eigenvalue weighted by atomic mass is 9.93. The Morgan fingerprint density at radius 1 is 0.867 bits per heavy atom. The van der Waals surface area contributed by atoms with Crippen LogP contribution in [0.3, 0.4) is 0 Å². The van der Waals surface area contributed by atoms with Crippen molar-refractivity contribution in [1.29, 1.82) is 0 Å². The van der Waals surface area contributed by atoms with Crippen molar-refractivity contribution in [3.63, 3.8) is 0 Å². The molecule has 30 heavy (non-hydrogen) atoms. The third kappa shape index (κ3) is 5.14. The number of esters is 1. The largest absolute Gasteiger partial charge is 0.456 e. The van der Waals surface area contributed by atoms with Gasteiger partial charge in [0.25, 0.3) is 0 Å². The number of nitrogens with one attached hydrogen (secondary N) is 1. The zero-order valence-corrected chi connectivity index (χ0v) is 18.0. The Kier molecular flexibility index (Phi) is 6.70. The summed E-state index contributed by atoms with van der Waals surface area (Å²) in [4.78, 5) is 12.1. The van der Waals surface area contributed by atoms with Crippen molar-refractivity contribution in [2.75, 3.05) is 0 Å². The van der Waals surface area contributed by atoms with Gasteiger partial charge >= 0.3 is 5.97 Å². The fourth-order valence-electron chi connectivity index (χ4n) is 3.31. The van der Waals surface area contributed by atoms with E-state index < -0.39 is 28.1 Å². The van der Waals surface area contributed by atoms with Gasteiger partial charge in [-0.05, 0) is 42.7 Å². The van der Waals surface area contributed by atoms with Crippen LogP contribution in [-0.4, -0.2) is 14.4 Å². The number of carbonyl (C=O) groups excluding carboxylic acids is 1. The Balaban J connectivity index is 2.10. The number of ether oxygens (including phenoxy) is 1. The standard InChI is InChI=1S/C24H25NO4S/c1-17-13-15-21(16-14-17)30(27,28)25-23(20-10-5-4-6-11-20)24(29-19(3)26)22-12-8-7-9-18(22)2/h4-16,23-25H,1-3H3/t23-,24-/m1/s1. The van der Waals surface area contributed by atoms with Gasteiger partial charge in [-0.1, -0.05) is 72.3 Å². The van der Waals surface area contributed by atoms with Crippen molar-refractivity contribution in [1.82, 2.24) is 4.72 Å². The van der Waals surface area contributed by atoms with E-state index in [1.807, 2.05) is 68.4 Å². The van der Waals surface area contributed by atoms with E-state index >= 15 is 0 Å². The Morgan fingerprint density at radius 2 is 1.47 bits per heavy atom. The van der Waals surface area contributed by atoms with Crippen molar-refractivity contribution in [3.05, 3.63) is 101 Å². The van der Waals surface area contributed by atoms with Crippen LogP contribution < -0.4 is 4.72 Å². The second-order valence-corrected chi connectivity index (χ2v) is 8.92. The quantitative estimate of drug-likeness (QED) is 0.563. The lowest BCUT2D eigenvalue weighted by molar-refractivity contribution is -0.148. The van der Waals surface area contributed by atoms with E-state index in [-0.39, 0.29) is 4.90 Å². The average molecular weight is 424 g/mol. The van der Waals surface area contributed by atoms with E-state index in [4.69, 9.17) is 4.74 Å². The zero-order chi connectivity index (χ0) is 21.7. The summed E-state index contributed by atoms with van der Waals surface area (Å²) >= 11 is 0. The van der Waals surface area contributed by atoms with Crippen molar-refractivity contribution < 1.29 is 17.9 Å². The third-order valence-electron chi connectivity index (χ3n) is 4.86. The fraction of sp³-hybridized carbons (Fsp3) is 0.208. The molecule has 0 saturated heterocycles. The van der Waals surface area contributed by atoms with E-state index in [1.54, 1.807) is 24.3 Å². The highest BCUT2D eigenvalue weighted by Gasteiger charge is 2.32. The normalized spacial score (nSPS) is 13.4. The van der Waals surface area contributed by atoms with Crippen LogP contribution in [0.15, 0.2) is 83.8 Å². The summed E-state index contributed by atoms with van der Waals surface area (Å²) in [5.74, 6) is -0.487. The SMILES string of the molecule is CC(=O)O[C@H](c1ccccc1C)[C@H](NS(=O)(=O)c1ccc(C)cc1)c1ccccc1. The third-order valence-corrected chi connectivity index (χ3v) is 6.32. The van der Waals surface area contributed by atoms with Gasteiger partial charge in [0.15, 0.2) is 0 Å². The molecule has 6 heteroatoms. The van der Waals surface area contributed by atoms with E-state index in [1.165, 1.54) is 6.92 Å². The number of hydrogen-bond donors (Lipinski definition) is 1. The molecule has 0 saturated carbocycles. The number of benzene rings is 3. The lowest BCUT2D eigenvalue weighted by Gasteiger charge is -2.29. The summed E-state index contributed by atoms with van der Waals surface area (Å²) in [5.41, 5.74) is 3.31. The van der Waals surface area contributed by atoms with E-state index in [0.29, 0.717) is 5.56 Å². The Bertz CT molecular complexity index is 1110. The molecule has 0 aromatic heterocycles. The van der Waals surface area contributed by atoms with Crippen molar-refractivity contribution >= 4 is 16.0 Å². The smallest absolute Gasteiger partial charge is 0.303 e. The summed E-state index contributed by atoms with van der Waals surface area (Å²) in [6.45, 7) is 5.12. The minimum absolute atomic E-state index is 0.153. The summed E-state index contributed by atoms with van der Waals surface area (Å²) in [6.07, 6.45) is -0.827. The predicted molar refractivity (Wildman–Crippen MR) is 116 cm³/mol. The molecule has 0 amide bonds. The zero-order valence-electron chi connectivity index (χ0n) is 17.2. The molecule has 0 fully saturated rings. The predicted octanol–water partition coefficient (Wildman–Crippen LogP) is 4.63. The summed E-state index contributed by atoms with van der Waals surface area (Å²) in [6, 6.07) is 22.4. The number of aryl methyl sites for hydroxylation is 2. The van der Waals surface area contributed by atoms with Gasteiger partial charge in [0, 0.05) is 6.92 Å². The molecule has 0 aliphatic carbocycles. The molecule has 0 aliphatic heterocycles. The molecule has 0 radical (unpaired) electrons. The first kappa shape index (κ1) is 21.7. The molecular weight excluding hydrogens is 398 g/mol. The van der Waals surface area contributed by atoms with E-state index in [2.05, 4.69) is 4.72 Å². The first-order chi connectivity index (χ1) is 14.3. The maximum atomic E-state index is 13.2. The first-order valence-corrected chi connectivity index (χ1v) is 11.1. The van der Waals surface area contributed by atoms with Crippen LogP contribution in [0.1, 0.15) is 41.3 Å². The maximum Gasteiger partial charge on any atom is 0.303 e. The molecule has 0 aliphatic rings. The van der Waals surface area contributed by atoms with Gasteiger partial charge < -0.3 is 4.74 Å². The molecule has 156 valence electrons.